The number of rotatable bonds is 5. The van der Waals surface area contributed by atoms with Crippen molar-refractivity contribution in [1.82, 2.24) is 9.78 Å². The van der Waals surface area contributed by atoms with Gasteiger partial charge in [0.25, 0.3) is 0 Å². The van der Waals surface area contributed by atoms with Gasteiger partial charge in [0.05, 0.1) is 15.5 Å². The van der Waals surface area contributed by atoms with Crippen LogP contribution in [0.2, 0.25) is 0 Å². The molecule has 0 spiro atoms. The Labute approximate surface area is 161 Å². The van der Waals surface area contributed by atoms with Gasteiger partial charge in [-0.1, -0.05) is 12.1 Å². The van der Waals surface area contributed by atoms with Crippen molar-refractivity contribution in [3.05, 3.63) is 48.2 Å². The zero-order valence-electron chi connectivity index (χ0n) is 14.3. The molecule has 0 atom stereocenters. The Morgan fingerprint density at radius 1 is 1.18 bits per heavy atom. The summed E-state index contributed by atoms with van der Waals surface area (Å²) in [6.45, 7) is -0.720. The quantitative estimate of drug-likeness (QED) is 0.665. The van der Waals surface area contributed by atoms with Gasteiger partial charge in [-0.3, -0.25) is 9.48 Å². The number of carboxylic acid groups (broad SMARTS) is 1. The van der Waals surface area contributed by atoms with Crippen molar-refractivity contribution < 1.29 is 31.5 Å². The lowest BCUT2D eigenvalue weighted by molar-refractivity contribution is -0.143. The van der Waals surface area contributed by atoms with E-state index in [1.807, 2.05) is 0 Å². The van der Waals surface area contributed by atoms with Gasteiger partial charge >= 0.3 is 12.1 Å². The van der Waals surface area contributed by atoms with Gasteiger partial charge in [-0.2, -0.15) is 18.3 Å². The fourth-order valence-electron chi connectivity index (χ4n) is 2.51. The molecule has 6 nitrogen and oxygen atoms in total. The molecule has 3 rings (SSSR count). The van der Waals surface area contributed by atoms with Crippen LogP contribution in [0.4, 0.5) is 13.2 Å². The van der Waals surface area contributed by atoms with Crippen LogP contribution in [0.1, 0.15) is 5.69 Å². The number of hydrogen-bond donors (Lipinski definition) is 1. The third-order valence-corrected chi connectivity index (χ3v) is 6.03. The third-order valence-electron chi connectivity index (χ3n) is 3.76. The zero-order valence-corrected chi connectivity index (χ0v) is 15.9. The normalized spacial score (nSPS) is 12.3. The van der Waals surface area contributed by atoms with Crippen LogP contribution in [-0.4, -0.2) is 35.5 Å². The van der Waals surface area contributed by atoms with Gasteiger partial charge in [0.15, 0.2) is 15.5 Å². The minimum absolute atomic E-state index is 0.0187. The number of benzene rings is 1. The van der Waals surface area contributed by atoms with Crippen molar-refractivity contribution in [2.24, 2.45) is 0 Å². The van der Waals surface area contributed by atoms with Crippen LogP contribution in [0.15, 0.2) is 47.4 Å². The second-order valence-corrected chi connectivity index (χ2v) is 9.03. The summed E-state index contributed by atoms with van der Waals surface area (Å²) in [6, 6.07) is 10.1. The number of sulfone groups is 1. The summed E-state index contributed by atoms with van der Waals surface area (Å²) >= 11 is 1.11. The molecule has 0 fully saturated rings. The van der Waals surface area contributed by atoms with Crippen LogP contribution in [-0.2, 0) is 27.4 Å². The molecule has 0 aliphatic heterocycles. The minimum Gasteiger partial charge on any atom is -0.480 e. The Bertz CT molecular complexity index is 1150. The monoisotopic (exact) mass is 430 g/mol. The van der Waals surface area contributed by atoms with Crippen molar-refractivity contribution in [3.63, 3.8) is 0 Å². The molecular weight excluding hydrogens is 417 g/mol. The molecule has 0 amide bonds. The standard InChI is InChI=1S/C17H13F3N2O4S2/c1-28(25,26)11-4-2-3-10(7-11)13-5-6-14(27-13)12-8-15(17(18,19)20)21-22(12)9-16(23)24/h2-8H,9H2,1H3,(H,23,24). The Morgan fingerprint density at radius 2 is 1.86 bits per heavy atom. The SMILES string of the molecule is CS(=O)(=O)c1cccc(-c2ccc(-c3cc(C(F)(F)F)nn3CC(=O)O)s2)c1. The number of carboxylic acids is 1. The smallest absolute Gasteiger partial charge is 0.435 e. The summed E-state index contributed by atoms with van der Waals surface area (Å²) in [5.41, 5.74) is -0.581. The number of halogens is 3. The lowest BCUT2D eigenvalue weighted by atomic mass is 10.2. The number of aromatic nitrogens is 2. The van der Waals surface area contributed by atoms with Gasteiger partial charge in [0.1, 0.15) is 6.54 Å². The Kier molecular flexibility index (Phi) is 5.06. The van der Waals surface area contributed by atoms with E-state index in [0.29, 0.717) is 15.3 Å². The summed E-state index contributed by atoms with van der Waals surface area (Å²) in [5.74, 6) is -1.32. The first-order chi connectivity index (χ1) is 12.9. The molecule has 0 saturated carbocycles. The van der Waals surface area contributed by atoms with Crippen molar-refractivity contribution >= 4 is 27.1 Å². The maximum Gasteiger partial charge on any atom is 0.435 e. The van der Waals surface area contributed by atoms with E-state index in [9.17, 15) is 26.4 Å². The summed E-state index contributed by atoms with van der Waals surface area (Å²) in [5, 5.41) is 12.3. The predicted octanol–water partition coefficient (Wildman–Crippen LogP) is 3.79. The zero-order chi connectivity index (χ0) is 20.7. The topological polar surface area (TPSA) is 89.3 Å². The Hall–Kier alpha value is -2.66. The van der Waals surface area contributed by atoms with Gasteiger partial charge in [-0.15, -0.1) is 11.3 Å². The molecular formula is C17H13F3N2O4S2. The largest absolute Gasteiger partial charge is 0.480 e. The van der Waals surface area contributed by atoms with Gasteiger partial charge in [0.2, 0.25) is 0 Å². The van der Waals surface area contributed by atoms with E-state index in [1.165, 1.54) is 12.1 Å². The molecule has 0 bridgehead atoms. The molecule has 1 aromatic carbocycles. The van der Waals surface area contributed by atoms with Gasteiger partial charge < -0.3 is 5.11 Å². The van der Waals surface area contributed by atoms with Gasteiger partial charge in [0, 0.05) is 11.1 Å². The highest BCUT2D eigenvalue weighted by Crippen LogP contribution is 2.37. The maximum atomic E-state index is 13.0. The van der Waals surface area contributed by atoms with Gasteiger partial charge in [-0.05, 0) is 35.9 Å². The summed E-state index contributed by atoms with van der Waals surface area (Å²) < 4.78 is 63.2. The number of nitrogens with zero attached hydrogens (tertiary/aromatic N) is 2. The second kappa shape index (κ2) is 7.06. The van der Waals surface area contributed by atoms with E-state index >= 15 is 0 Å². The van der Waals surface area contributed by atoms with Crippen molar-refractivity contribution in [2.45, 2.75) is 17.6 Å². The van der Waals surface area contributed by atoms with Crippen LogP contribution < -0.4 is 0 Å². The van der Waals surface area contributed by atoms with E-state index in [0.717, 1.165) is 28.3 Å². The average Bonchev–Trinajstić information content (AvgIpc) is 3.20. The number of thiophene rings is 1. The molecule has 0 saturated heterocycles. The van der Waals surface area contributed by atoms with Gasteiger partial charge in [-0.25, -0.2) is 8.42 Å². The van der Waals surface area contributed by atoms with E-state index in [4.69, 9.17) is 5.11 Å². The number of aliphatic carboxylic acids is 1. The lowest BCUT2D eigenvalue weighted by Crippen LogP contribution is -2.13. The first-order valence-corrected chi connectivity index (χ1v) is 10.4. The summed E-state index contributed by atoms with van der Waals surface area (Å²) in [4.78, 5) is 12.1. The highest BCUT2D eigenvalue weighted by Gasteiger charge is 2.35. The Morgan fingerprint density at radius 3 is 2.46 bits per heavy atom. The number of hydrogen-bond acceptors (Lipinski definition) is 5. The van der Waals surface area contributed by atoms with E-state index in [-0.39, 0.29) is 10.6 Å². The van der Waals surface area contributed by atoms with E-state index in [1.54, 1.807) is 24.3 Å². The van der Waals surface area contributed by atoms with E-state index < -0.39 is 34.2 Å². The fourth-order valence-corrected chi connectivity index (χ4v) is 4.20. The molecule has 0 aliphatic carbocycles. The number of carbonyl (C=O) groups is 1. The van der Waals surface area contributed by atoms with Crippen LogP contribution in [0.25, 0.3) is 21.0 Å². The molecule has 1 N–H and O–H groups in total. The van der Waals surface area contributed by atoms with E-state index in [2.05, 4.69) is 5.10 Å². The van der Waals surface area contributed by atoms with Crippen molar-refractivity contribution in [2.75, 3.05) is 6.26 Å². The molecule has 0 aliphatic rings. The molecule has 2 aromatic heterocycles. The lowest BCUT2D eigenvalue weighted by Gasteiger charge is -2.03. The van der Waals surface area contributed by atoms with Crippen molar-refractivity contribution in [1.29, 1.82) is 0 Å². The van der Waals surface area contributed by atoms with Crippen LogP contribution in [0, 0.1) is 0 Å². The third kappa shape index (κ3) is 4.25. The highest BCUT2D eigenvalue weighted by atomic mass is 32.2. The van der Waals surface area contributed by atoms with Crippen LogP contribution in [0.5, 0.6) is 0 Å². The molecule has 0 radical (unpaired) electrons. The average molecular weight is 430 g/mol. The molecule has 28 heavy (non-hydrogen) atoms. The number of alkyl halides is 3. The molecule has 11 heteroatoms. The molecule has 2 heterocycles. The molecule has 0 unspecified atom stereocenters. The molecule has 3 aromatic rings. The fraction of sp³-hybridized carbons (Fsp3) is 0.176. The highest BCUT2D eigenvalue weighted by molar-refractivity contribution is 7.90. The first kappa shape index (κ1) is 20.1. The first-order valence-electron chi connectivity index (χ1n) is 7.73. The van der Waals surface area contributed by atoms with Crippen molar-refractivity contribution in [3.8, 4) is 21.0 Å². The maximum absolute atomic E-state index is 13.0. The Balaban J connectivity index is 2.05. The second-order valence-electron chi connectivity index (χ2n) is 5.93. The summed E-state index contributed by atoms with van der Waals surface area (Å²) in [7, 11) is -3.41. The molecule has 148 valence electrons. The van der Waals surface area contributed by atoms with Crippen LogP contribution in [0.3, 0.4) is 0 Å². The van der Waals surface area contributed by atoms with Crippen LogP contribution >= 0.6 is 11.3 Å². The predicted molar refractivity (Wildman–Crippen MR) is 96.7 cm³/mol. The minimum atomic E-state index is -4.71. The summed E-state index contributed by atoms with van der Waals surface area (Å²) in [6.07, 6.45) is -3.63.